The molecule has 0 unspecified atom stereocenters. The third kappa shape index (κ3) is 4.25. The van der Waals surface area contributed by atoms with E-state index in [2.05, 4.69) is 15.5 Å². The lowest BCUT2D eigenvalue weighted by molar-refractivity contribution is -0.113. The molecule has 0 fully saturated rings. The molecule has 0 spiro atoms. The summed E-state index contributed by atoms with van der Waals surface area (Å²) in [4.78, 5) is 12.2. The van der Waals surface area contributed by atoms with Crippen molar-refractivity contribution >= 4 is 52.5 Å². The van der Waals surface area contributed by atoms with E-state index in [1.165, 1.54) is 11.8 Å². The van der Waals surface area contributed by atoms with Crippen LogP contribution in [0, 0.1) is 0 Å². The van der Waals surface area contributed by atoms with Crippen LogP contribution in [0.5, 0.6) is 0 Å². The predicted octanol–water partition coefficient (Wildman–Crippen LogP) is 3.89. The number of nitrogens with one attached hydrogen (secondary N) is 1. The fraction of sp³-hybridized carbons (Fsp3) is 0.0625. The number of halogens is 2. The molecule has 128 valence electrons. The zero-order valence-electron chi connectivity index (χ0n) is 12.8. The topological polar surface area (TPSA) is 85.8 Å². The third-order valence-corrected chi connectivity index (χ3v) is 4.69. The SMILES string of the molecule is Nc1nnc(SCC(=O)Nc2ccc(Cl)cc2Cl)n1-c1ccccc1. The molecule has 0 atom stereocenters. The van der Waals surface area contributed by atoms with E-state index in [1.54, 1.807) is 22.8 Å². The first-order valence-electron chi connectivity index (χ1n) is 7.18. The molecule has 3 N–H and O–H groups in total. The van der Waals surface area contributed by atoms with Crippen LogP contribution in [-0.4, -0.2) is 26.4 Å². The van der Waals surface area contributed by atoms with Crippen LogP contribution in [0.4, 0.5) is 11.6 Å². The van der Waals surface area contributed by atoms with Gasteiger partial charge in [-0.1, -0.05) is 53.2 Å². The summed E-state index contributed by atoms with van der Waals surface area (Å²) in [6, 6.07) is 14.3. The first kappa shape index (κ1) is 17.6. The number of carbonyl (C=O) groups excluding carboxylic acids is 1. The van der Waals surface area contributed by atoms with E-state index in [4.69, 9.17) is 28.9 Å². The molecule has 3 aromatic rings. The van der Waals surface area contributed by atoms with E-state index in [0.717, 1.165) is 5.69 Å². The Labute approximate surface area is 158 Å². The lowest BCUT2D eigenvalue weighted by Crippen LogP contribution is -2.15. The van der Waals surface area contributed by atoms with Crippen LogP contribution in [0.3, 0.4) is 0 Å². The van der Waals surface area contributed by atoms with Crippen molar-refractivity contribution in [3.05, 3.63) is 58.6 Å². The van der Waals surface area contributed by atoms with Crippen molar-refractivity contribution in [1.82, 2.24) is 14.8 Å². The van der Waals surface area contributed by atoms with E-state index in [0.29, 0.717) is 20.9 Å². The second-order valence-corrected chi connectivity index (χ2v) is 6.76. The standard InChI is InChI=1S/C16H13Cl2N5OS/c17-10-6-7-13(12(18)8-10)20-14(24)9-25-16-22-21-15(19)23(16)11-4-2-1-3-5-11/h1-8H,9H2,(H2,19,21)(H,20,24). The average molecular weight is 394 g/mol. The molecule has 0 aliphatic rings. The molecule has 25 heavy (non-hydrogen) atoms. The van der Waals surface area contributed by atoms with Gasteiger partial charge >= 0.3 is 0 Å². The summed E-state index contributed by atoms with van der Waals surface area (Å²) >= 11 is 13.1. The minimum Gasteiger partial charge on any atom is -0.368 e. The lowest BCUT2D eigenvalue weighted by Gasteiger charge is -2.09. The van der Waals surface area contributed by atoms with Gasteiger partial charge in [0.15, 0.2) is 5.16 Å². The molecule has 0 saturated carbocycles. The van der Waals surface area contributed by atoms with Gasteiger partial charge < -0.3 is 11.1 Å². The van der Waals surface area contributed by atoms with Gasteiger partial charge in [-0.2, -0.15) is 0 Å². The smallest absolute Gasteiger partial charge is 0.234 e. The lowest BCUT2D eigenvalue weighted by atomic mass is 10.3. The zero-order chi connectivity index (χ0) is 17.8. The van der Waals surface area contributed by atoms with Crippen molar-refractivity contribution in [3.8, 4) is 5.69 Å². The van der Waals surface area contributed by atoms with E-state index < -0.39 is 0 Å². The van der Waals surface area contributed by atoms with Crippen molar-refractivity contribution in [1.29, 1.82) is 0 Å². The summed E-state index contributed by atoms with van der Waals surface area (Å²) in [5.74, 6) is 0.162. The van der Waals surface area contributed by atoms with E-state index in [-0.39, 0.29) is 17.6 Å². The number of hydrogen-bond donors (Lipinski definition) is 2. The van der Waals surface area contributed by atoms with Crippen molar-refractivity contribution in [3.63, 3.8) is 0 Å². The van der Waals surface area contributed by atoms with Crippen molar-refractivity contribution in [2.75, 3.05) is 16.8 Å². The Kier molecular flexibility index (Phi) is 5.47. The number of amides is 1. The highest BCUT2D eigenvalue weighted by Crippen LogP contribution is 2.26. The molecule has 0 aliphatic carbocycles. The number of hydrogen-bond acceptors (Lipinski definition) is 5. The second-order valence-electron chi connectivity index (χ2n) is 4.97. The van der Waals surface area contributed by atoms with Crippen LogP contribution in [-0.2, 0) is 4.79 Å². The minimum atomic E-state index is -0.226. The molecule has 9 heteroatoms. The molecule has 0 bridgehead atoms. The maximum absolute atomic E-state index is 12.2. The maximum Gasteiger partial charge on any atom is 0.234 e. The monoisotopic (exact) mass is 393 g/mol. The van der Waals surface area contributed by atoms with Gasteiger partial charge in [-0.05, 0) is 30.3 Å². The molecule has 0 saturated heterocycles. The summed E-state index contributed by atoms with van der Waals surface area (Å²) in [5, 5.41) is 12.1. The highest BCUT2D eigenvalue weighted by Gasteiger charge is 2.14. The number of aromatic nitrogens is 3. The van der Waals surface area contributed by atoms with Gasteiger partial charge in [0, 0.05) is 5.02 Å². The van der Waals surface area contributed by atoms with Crippen molar-refractivity contribution in [2.45, 2.75) is 5.16 Å². The molecular formula is C16H13Cl2N5OS. The third-order valence-electron chi connectivity index (χ3n) is 3.21. The Morgan fingerprint density at radius 1 is 1.16 bits per heavy atom. The normalized spacial score (nSPS) is 10.6. The number of benzene rings is 2. The van der Waals surface area contributed by atoms with Gasteiger partial charge in [0.1, 0.15) is 0 Å². The average Bonchev–Trinajstić information content (AvgIpc) is 2.97. The number of nitrogens with two attached hydrogens (primary N) is 1. The van der Waals surface area contributed by atoms with Crippen molar-refractivity contribution < 1.29 is 4.79 Å². The largest absolute Gasteiger partial charge is 0.368 e. The fourth-order valence-corrected chi connectivity index (χ4v) is 3.32. The molecule has 1 heterocycles. The number of rotatable bonds is 5. The van der Waals surface area contributed by atoms with Crippen LogP contribution in [0.2, 0.25) is 10.0 Å². The number of para-hydroxylation sites is 1. The van der Waals surface area contributed by atoms with Crippen LogP contribution in [0.25, 0.3) is 5.69 Å². The maximum atomic E-state index is 12.2. The van der Waals surface area contributed by atoms with Crippen LogP contribution >= 0.6 is 35.0 Å². The van der Waals surface area contributed by atoms with E-state index in [1.807, 2.05) is 30.3 Å². The quantitative estimate of drug-likeness (QED) is 0.642. The van der Waals surface area contributed by atoms with Gasteiger partial charge in [-0.15, -0.1) is 10.2 Å². The van der Waals surface area contributed by atoms with Crippen LogP contribution < -0.4 is 11.1 Å². The molecular weight excluding hydrogens is 381 g/mol. The van der Waals surface area contributed by atoms with Gasteiger partial charge in [0.05, 0.1) is 22.2 Å². The predicted molar refractivity (Wildman–Crippen MR) is 102 cm³/mol. The summed E-state index contributed by atoms with van der Waals surface area (Å²) in [5.41, 5.74) is 7.21. The summed E-state index contributed by atoms with van der Waals surface area (Å²) < 4.78 is 1.69. The second kappa shape index (κ2) is 7.77. The summed E-state index contributed by atoms with van der Waals surface area (Å²) in [6.45, 7) is 0. The molecule has 3 rings (SSSR count). The van der Waals surface area contributed by atoms with Gasteiger partial charge in [0.25, 0.3) is 0 Å². The molecule has 0 radical (unpaired) electrons. The van der Waals surface area contributed by atoms with Crippen LogP contribution in [0.15, 0.2) is 53.7 Å². The van der Waals surface area contributed by atoms with E-state index >= 15 is 0 Å². The Bertz CT molecular complexity index is 901. The first-order chi connectivity index (χ1) is 12.0. The van der Waals surface area contributed by atoms with Gasteiger partial charge in [-0.3, -0.25) is 9.36 Å². The molecule has 1 aromatic heterocycles. The molecule has 6 nitrogen and oxygen atoms in total. The Morgan fingerprint density at radius 2 is 1.92 bits per heavy atom. The number of nitrogen functional groups attached to an aromatic ring is 1. The number of thioether (sulfide) groups is 1. The fourth-order valence-electron chi connectivity index (χ4n) is 2.10. The number of carbonyl (C=O) groups is 1. The highest BCUT2D eigenvalue weighted by molar-refractivity contribution is 7.99. The minimum absolute atomic E-state index is 0.129. The number of anilines is 2. The molecule has 0 aliphatic heterocycles. The Balaban J connectivity index is 1.69. The van der Waals surface area contributed by atoms with E-state index in [9.17, 15) is 4.79 Å². The van der Waals surface area contributed by atoms with Gasteiger partial charge in [-0.25, -0.2) is 0 Å². The summed E-state index contributed by atoms with van der Waals surface area (Å²) in [6.07, 6.45) is 0. The summed E-state index contributed by atoms with van der Waals surface area (Å²) in [7, 11) is 0. The first-order valence-corrected chi connectivity index (χ1v) is 8.93. The number of nitrogens with zero attached hydrogens (tertiary/aromatic N) is 3. The zero-order valence-corrected chi connectivity index (χ0v) is 15.1. The van der Waals surface area contributed by atoms with Gasteiger partial charge in [0.2, 0.25) is 11.9 Å². The molecule has 1 amide bonds. The highest BCUT2D eigenvalue weighted by atomic mass is 35.5. The van der Waals surface area contributed by atoms with Crippen molar-refractivity contribution in [2.24, 2.45) is 0 Å². The molecule has 2 aromatic carbocycles. The van der Waals surface area contributed by atoms with Crippen LogP contribution in [0.1, 0.15) is 0 Å². The Morgan fingerprint density at radius 3 is 2.64 bits per heavy atom. The Hall–Kier alpha value is -2.22.